The molecule has 2 nitrogen and oxygen atoms in total. The van der Waals surface area contributed by atoms with E-state index in [9.17, 15) is 4.79 Å². The van der Waals surface area contributed by atoms with E-state index in [0.717, 1.165) is 11.1 Å². The standard InChI is InChI=1S/C17H16ClNO/c1-2-19-17(20)15(13-8-4-3-5-9-13)12-14-10-6-7-11-16(14)18/h3-12H,2H2,1H3,(H,19,20)/b15-12+. The molecule has 0 unspecified atom stereocenters. The lowest BCUT2D eigenvalue weighted by molar-refractivity contribution is -0.115. The van der Waals surface area contributed by atoms with Gasteiger partial charge in [-0.05, 0) is 30.2 Å². The van der Waals surface area contributed by atoms with Gasteiger partial charge in [-0.15, -0.1) is 0 Å². The number of amides is 1. The topological polar surface area (TPSA) is 29.1 Å². The molecule has 3 heteroatoms. The highest BCUT2D eigenvalue weighted by molar-refractivity contribution is 6.33. The first kappa shape index (κ1) is 14.4. The minimum atomic E-state index is -0.0985. The van der Waals surface area contributed by atoms with Crippen LogP contribution >= 0.6 is 11.6 Å². The fraction of sp³-hybridized carbons (Fsp3) is 0.118. The highest BCUT2D eigenvalue weighted by atomic mass is 35.5. The first-order valence-corrected chi connectivity index (χ1v) is 6.90. The van der Waals surface area contributed by atoms with E-state index >= 15 is 0 Å². The molecule has 0 atom stereocenters. The summed E-state index contributed by atoms with van der Waals surface area (Å²) in [6, 6.07) is 17.1. The predicted octanol–water partition coefficient (Wildman–Crippen LogP) is 4.02. The maximum absolute atomic E-state index is 12.2. The van der Waals surface area contributed by atoms with Crippen LogP contribution in [-0.2, 0) is 4.79 Å². The SMILES string of the molecule is CCNC(=O)/C(=C/c1ccccc1Cl)c1ccccc1. The summed E-state index contributed by atoms with van der Waals surface area (Å²) in [5, 5.41) is 3.46. The van der Waals surface area contributed by atoms with Crippen LogP contribution in [0.4, 0.5) is 0 Å². The molecule has 0 radical (unpaired) electrons. The van der Waals surface area contributed by atoms with Crippen LogP contribution in [-0.4, -0.2) is 12.5 Å². The third-order valence-corrected chi connectivity index (χ3v) is 3.22. The van der Waals surface area contributed by atoms with Gasteiger partial charge in [0.2, 0.25) is 0 Å². The highest BCUT2D eigenvalue weighted by Gasteiger charge is 2.11. The van der Waals surface area contributed by atoms with Gasteiger partial charge in [0.25, 0.3) is 5.91 Å². The number of likely N-dealkylation sites (N-methyl/N-ethyl adjacent to an activating group) is 1. The van der Waals surface area contributed by atoms with Gasteiger partial charge < -0.3 is 5.32 Å². The van der Waals surface area contributed by atoms with Crippen LogP contribution in [0.25, 0.3) is 11.6 Å². The first-order valence-electron chi connectivity index (χ1n) is 6.52. The Morgan fingerprint density at radius 3 is 2.40 bits per heavy atom. The Morgan fingerprint density at radius 1 is 1.10 bits per heavy atom. The Morgan fingerprint density at radius 2 is 1.75 bits per heavy atom. The second-order valence-electron chi connectivity index (χ2n) is 4.31. The van der Waals surface area contributed by atoms with Gasteiger partial charge in [-0.2, -0.15) is 0 Å². The Labute approximate surface area is 124 Å². The molecule has 1 N–H and O–H groups in total. The summed E-state index contributed by atoms with van der Waals surface area (Å²) >= 11 is 6.16. The molecule has 0 aliphatic carbocycles. The second kappa shape index (κ2) is 6.92. The lowest BCUT2D eigenvalue weighted by atomic mass is 10.0. The van der Waals surface area contributed by atoms with E-state index in [1.54, 1.807) is 0 Å². The molecule has 0 saturated carbocycles. The monoisotopic (exact) mass is 285 g/mol. The molecular formula is C17H16ClNO. The van der Waals surface area contributed by atoms with Gasteiger partial charge in [0.1, 0.15) is 0 Å². The molecule has 0 fully saturated rings. The molecule has 2 rings (SSSR count). The number of carbonyl (C=O) groups is 1. The third-order valence-electron chi connectivity index (χ3n) is 2.87. The van der Waals surface area contributed by atoms with Crippen molar-refractivity contribution < 1.29 is 4.79 Å². The molecule has 2 aromatic rings. The average molecular weight is 286 g/mol. The number of halogens is 1. The van der Waals surface area contributed by atoms with Gasteiger partial charge in [-0.1, -0.05) is 60.1 Å². The van der Waals surface area contributed by atoms with E-state index in [-0.39, 0.29) is 5.91 Å². The van der Waals surface area contributed by atoms with Crippen LogP contribution in [0, 0.1) is 0 Å². The van der Waals surface area contributed by atoms with Crippen molar-refractivity contribution in [1.29, 1.82) is 0 Å². The number of hydrogen-bond acceptors (Lipinski definition) is 1. The lowest BCUT2D eigenvalue weighted by Gasteiger charge is -2.09. The van der Waals surface area contributed by atoms with Crippen LogP contribution in [0.15, 0.2) is 54.6 Å². The lowest BCUT2D eigenvalue weighted by Crippen LogP contribution is -2.23. The van der Waals surface area contributed by atoms with Gasteiger partial charge in [0.05, 0.1) is 0 Å². The molecule has 0 spiro atoms. The number of rotatable bonds is 4. The Balaban J connectivity index is 2.47. The molecule has 2 aromatic carbocycles. The summed E-state index contributed by atoms with van der Waals surface area (Å²) in [4.78, 5) is 12.2. The zero-order valence-electron chi connectivity index (χ0n) is 11.3. The van der Waals surface area contributed by atoms with Crippen molar-refractivity contribution in [2.75, 3.05) is 6.54 Å². The zero-order chi connectivity index (χ0) is 14.4. The van der Waals surface area contributed by atoms with Crippen molar-refractivity contribution in [2.45, 2.75) is 6.92 Å². The van der Waals surface area contributed by atoms with Crippen molar-refractivity contribution in [2.24, 2.45) is 0 Å². The van der Waals surface area contributed by atoms with E-state index in [4.69, 9.17) is 11.6 Å². The summed E-state index contributed by atoms with van der Waals surface area (Å²) in [6.45, 7) is 2.49. The Bertz CT molecular complexity index is 620. The van der Waals surface area contributed by atoms with Crippen LogP contribution in [0.5, 0.6) is 0 Å². The highest BCUT2D eigenvalue weighted by Crippen LogP contribution is 2.23. The minimum absolute atomic E-state index is 0.0985. The number of nitrogens with one attached hydrogen (secondary N) is 1. The van der Waals surface area contributed by atoms with Crippen LogP contribution < -0.4 is 5.32 Å². The number of benzene rings is 2. The number of carbonyl (C=O) groups excluding carboxylic acids is 1. The first-order chi connectivity index (χ1) is 9.72. The summed E-state index contributed by atoms with van der Waals surface area (Å²) < 4.78 is 0. The van der Waals surface area contributed by atoms with E-state index in [1.165, 1.54) is 0 Å². The van der Waals surface area contributed by atoms with Gasteiger partial charge in [0, 0.05) is 17.1 Å². The second-order valence-corrected chi connectivity index (χ2v) is 4.71. The normalized spacial score (nSPS) is 11.2. The molecule has 20 heavy (non-hydrogen) atoms. The molecular weight excluding hydrogens is 270 g/mol. The van der Waals surface area contributed by atoms with Crippen molar-refractivity contribution in [1.82, 2.24) is 5.32 Å². The van der Waals surface area contributed by atoms with Crippen molar-refractivity contribution in [3.8, 4) is 0 Å². The van der Waals surface area contributed by atoms with E-state index in [2.05, 4.69) is 5.32 Å². The van der Waals surface area contributed by atoms with E-state index in [1.807, 2.05) is 67.6 Å². The van der Waals surface area contributed by atoms with Crippen molar-refractivity contribution in [3.05, 3.63) is 70.7 Å². The molecule has 1 amide bonds. The fourth-order valence-electron chi connectivity index (χ4n) is 1.90. The minimum Gasteiger partial charge on any atom is -0.352 e. The number of hydrogen-bond donors (Lipinski definition) is 1. The van der Waals surface area contributed by atoms with Gasteiger partial charge in [0.15, 0.2) is 0 Å². The quantitative estimate of drug-likeness (QED) is 0.667. The average Bonchev–Trinajstić information content (AvgIpc) is 2.47. The largest absolute Gasteiger partial charge is 0.352 e. The molecule has 0 bridgehead atoms. The zero-order valence-corrected chi connectivity index (χ0v) is 12.0. The van der Waals surface area contributed by atoms with Gasteiger partial charge in [-0.25, -0.2) is 0 Å². The molecule has 0 aromatic heterocycles. The third kappa shape index (κ3) is 3.49. The molecule has 0 aliphatic rings. The van der Waals surface area contributed by atoms with E-state index < -0.39 is 0 Å². The smallest absolute Gasteiger partial charge is 0.251 e. The van der Waals surface area contributed by atoms with E-state index in [0.29, 0.717) is 17.1 Å². The van der Waals surface area contributed by atoms with Crippen LogP contribution in [0.1, 0.15) is 18.1 Å². The maximum atomic E-state index is 12.2. The van der Waals surface area contributed by atoms with Crippen LogP contribution in [0.3, 0.4) is 0 Å². The van der Waals surface area contributed by atoms with Crippen molar-refractivity contribution in [3.63, 3.8) is 0 Å². The predicted molar refractivity (Wildman–Crippen MR) is 84.4 cm³/mol. The summed E-state index contributed by atoms with van der Waals surface area (Å²) in [7, 11) is 0. The fourth-order valence-corrected chi connectivity index (χ4v) is 2.09. The molecule has 102 valence electrons. The molecule has 0 aliphatic heterocycles. The summed E-state index contributed by atoms with van der Waals surface area (Å²) in [5.74, 6) is -0.0985. The molecule has 0 saturated heterocycles. The Hall–Kier alpha value is -2.06. The van der Waals surface area contributed by atoms with Crippen molar-refractivity contribution >= 4 is 29.2 Å². The molecule has 0 heterocycles. The maximum Gasteiger partial charge on any atom is 0.251 e. The van der Waals surface area contributed by atoms with Crippen LogP contribution in [0.2, 0.25) is 5.02 Å². The summed E-state index contributed by atoms with van der Waals surface area (Å²) in [6.07, 6.45) is 1.82. The Kier molecular flexibility index (Phi) is 4.97. The van der Waals surface area contributed by atoms with Gasteiger partial charge >= 0.3 is 0 Å². The summed E-state index contributed by atoms with van der Waals surface area (Å²) in [5.41, 5.74) is 2.32. The van der Waals surface area contributed by atoms with Gasteiger partial charge in [-0.3, -0.25) is 4.79 Å².